The summed E-state index contributed by atoms with van der Waals surface area (Å²) in [7, 11) is 1.59. The van der Waals surface area contributed by atoms with Crippen molar-refractivity contribution in [2.75, 3.05) is 7.11 Å². The molecule has 0 atom stereocenters. The summed E-state index contributed by atoms with van der Waals surface area (Å²) in [5.41, 5.74) is 3.44. The number of hydrogen-bond donors (Lipinski definition) is 2. The van der Waals surface area contributed by atoms with Crippen LogP contribution in [0.5, 0.6) is 17.2 Å². The maximum atomic E-state index is 11.3. The van der Waals surface area contributed by atoms with E-state index in [0.717, 1.165) is 59.6 Å². The third-order valence-corrected chi connectivity index (χ3v) is 9.58. The zero-order valence-corrected chi connectivity index (χ0v) is 30.2. The Morgan fingerprint density at radius 2 is 1.02 bits per heavy atom. The van der Waals surface area contributed by atoms with E-state index in [-0.39, 0.29) is 11.5 Å². The largest absolute Gasteiger partial charge is 0.508 e. The molecule has 262 valence electrons. The number of furan rings is 1. The van der Waals surface area contributed by atoms with Gasteiger partial charge in [-0.2, -0.15) is 0 Å². The first-order valence-electron chi connectivity index (χ1n) is 19.4. The molecule has 0 aliphatic carbocycles. The summed E-state index contributed by atoms with van der Waals surface area (Å²) in [6.07, 6.45) is 38.4. The highest BCUT2D eigenvalue weighted by molar-refractivity contribution is 6.10. The fourth-order valence-electron chi connectivity index (χ4n) is 6.79. The smallest absolute Gasteiger partial charge is 0.164 e. The molecule has 4 heteroatoms. The van der Waals surface area contributed by atoms with E-state index in [2.05, 4.69) is 38.2 Å². The van der Waals surface area contributed by atoms with Crippen LogP contribution in [0, 0.1) is 0 Å². The second kappa shape index (κ2) is 23.4. The van der Waals surface area contributed by atoms with Crippen LogP contribution in [-0.2, 0) is 12.8 Å². The number of phenolic OH excluding ortho intramolecular Hbond substituents is 2. The fourth-order valence-corrected chi connectivity index (χ4v) is 6.79. The van der Waals surface area contributed by atoms with Gasteiger partial charge in [0.1, 0.15) is 16.9 Å². The average Bonchev–Trinajstić information content (AvgIpc) is 3.43. The van der Waals surface area contributed by atoms with Crippen molar-refractivity contribution in [3.05, 3.63) is 53.6 Å². The van der Waals surface area contributed by atoms with E-state index < -0.39 is 0 Å². The lowest BCUT2D eigenvalue weighted by Crippen LogP contribution is -1.94. The molecule has 1 aromatic heterocycles. The second-order valence-corrected chi connectivity index (χ2v) is 13.6. The predicted molar refractivity (Wildman–Crippen MR) is 202 cm³/mol. The highest BCUT2D eigenvalue weighted by Crippen LogP contribution is 2.44. The standard InChI is InChI=1S/C43H66O4/c1-4-6-8-10-12-14-16-18-20-22-24-26-28-30-35-32-36(44)33-38-41(35)42-37(43(45)40(46-3)34-39(42)47-38)31-29-27-25-23-21-19-17-15-13-11-9-7-5-2/h10-13,32-34,44-45H,4-9,14-31H2,1-3H3/b12-10-,13-11-. The lowest BCUT2D eigenvalue weighted by Gasteiger charge is -2.12. The Bertz CT molecular complexity index is 1330. The molecular formula is C43H66O4. The van der Waals surface area contributed by atoms with Gasteiger partial charge in [-0.05, 0) is 75.8 Å². The van der Waals surface area contributed by atoms with E-state index in [9.17, 15) is 10.2 Å². The molecule has 0 unspecified atom stereocenters. The molecular weight excluding hydrogens is 580 g/mol. The van der Waals surface area contributed by atoms with Crippen molar-refractivity contribution in [3.8, 4) is 17.2 Å². The van der Waals surface area contributed by atoms with E-state index >= 15 is 0 Å². The number of phenols is 2. The summed E-state index contributed by atoms with van der Waals surface area (Å²) in [5.74, 6) is 0.916. The van der Waals surface area contributed by atoms with E-state index in [4.69, 9.17) is 9.15 Å². The average molecular weight is 647 g/mol. The van der Waals surface area contributed by atoms with Crippen molar-refractivity contribution in [1.82, 2.24) is 0 Å². The number of aryl methyl sites for hydroxylation is 2. The van der Waals surface area contributed by atoms with Crippen molar-refractivity contribution in [3.63, 3.8) is 0 Å². The van der Waals surface area contributed by atoms with Gasteiger partial charge in [-0.1, -0.05) is 128 Å². The molecule has 0 bridgehead atoms. The molecule has 4 nitrogen and oxygen atoms in total. The molecule has 3 rings (SSSR count). The molecule has 0 spiro atoms. The number of aromatic hydroxyl groups is 2. The lowest BCUT2D eigenvalue weighted by atomic mass is 9.94. The topological polar surface area (TPSA) is 62.8 Å². The van der Waals surface area contributed by atoms with Crippen molar-refractivity contribution >= 4 is 21.9 Å². The van der Waals surface area contributed by atoms with Crippen LogP contribution in [0.2, 0.25) is 0 Å². The molecule has 0 saturated heterocycles. The number of fused-ring (bicyclic) bond motifs is 3. The maximum Gasteiger partial charge on any atom is 0.164 e. The molecule has 0 radical (unpaired) electrons. The summed E-state index contributed by atoms with van der Waals surface area (Å²) in [5, 5.41) is 23.9. The first-order valence-corrected chi connectivity index (χ1v) is 19.4. The first-order chi connectivity index (χ1) is 23.1. The van der Waals surface area contributed by atoms with Gasteiger partial charge in [0.05, 0.1) is 7.11 Å². The summed E-state index contributed by atoms with van der Waals surface area (Å²) >= 11 is 0. The number of unbranched alkanes of at least 4 members (excludes halogenated alkanes) is 18. The summed E-state index contributed by atoms with van der Waals surface area (Å²) in [6.45, 7) is 4.49. The quantitative estimate of drug-likeness (QED) is 0.0639. The van der Waals surface area contributed by atoms with Gasteiger partial charge in [-0.3, -0.25) is 0 Å². The van der Waals surface area contributed by atoms with Crippen LogP contribution in [0.25, 0.3) is 21.9 Å². The molecule has 2 aromatic carbocycles. The predicted octanol–water partition coefficient (Wildman–Crippen LogP) is 13.8. The Morgan fingerprint density at radius 3 is 1.55 bits per heavy atom. The number of allylic oxidation sites excluding steroid dienone is 4. The van der Waals surface area contributed by atoms with Crippen molar-refractivity contribution in [2.45, 2.75) is 168 Å². The molecule has 47 heavy (non-hydrogen) atoms. The minimum absolute atomic E-state index is 0.227. The third kappa shape index (κ3) is 13.6. The molecule has 0 fully saturated rings. The Hall–Kier alpha value is -2.88. The number of ether oxygens (including phenoxy) is 1. The Labute approximate surface area is 286 Å². The molecule has 0 saturated carbocycles. The van der Waals surface area contributed by atoms with Gasteiger partial charge in [0.2, 0.25) is 0 Å². The van der Waals surface area contributed by atoms with Crippen LogP contribution in [0.1, 0.15) is 166 Å². The number of rotatable bonds is 27. The van der Waals surface area contributed by atoms with Crippen molar-refractivity contribution in [2.24, 2.45) is 0 Å². The van der Waals surface area contributed by atoms with Crippen LogP contribution in [-0.4, -0.2) is 17.3 Å². The highest BCUT2D eigenvalue weighted by Gasteiger charge is 2.21. The fraction of sp³-hybridized carbons (Fsp3) is 0.628. The Morgan fingerprint density at radius 1 is 0.553 bits per heavy atom. The molecule has 1 heterocycles. The van der Waals surface area contributed by atoms with Crippen LogP contribution in [0.4, 0.5) is 0 Å². The first kappa shape index (κ1) is 38.6. The molecule has 3 aromatic rings. The Balaban J connectivity index is 1.51. The van der Waals surface area contributed by atoms with Crippen molar-refractivity contribution in [1.29, 1.82) is 0 Å². The zero-order chi connectivity index (χ0) is 33.5. The van der Waals surface area contributed by atoms with E-state index in [1.807, 2.05) is 6.07 Å². The van der Waals surface area contributed by atoms with Gasteiger partial charge in [0.15, 0.2) is 11.5 Å². The minimum atomic E-state index is 0.227. The normalized spacial score (nSPS) is 12.1. The second-order valence-electron chi connectivity index (χ2n) is 13.6. The summed E-state index contributed by atoms with van der Waals surface area (Å²) in [6, 6.07) is 5.42. The number of methoxy groups -OCH3 is 1. The summed E-state index contributed by atoms with van der Waals surface area (Å²) in [4.78, 5) is 0. The summed E-state index contributed by atoms with van der Waals surface area (Å²) < 4.78 is 11.8. The maximum absolute atomic E-state index is 11.3. The molecule has 0 aliphatic rings. The lowest BCUT2D eigenvalue weighted by molar-refractivity contribution is 0.370. The number of benzene rings is 2. The van der Waals surface area contributed by atoms with E-state index in [0.29, 0.717) is 11.3 Å². The number of hydrogen-bond acceptors (Lipinski definition) is 4. The van der Waals surface area contributed by atoms with Crippen LogP contribution < -0.4 is 4.74 Å². The van der Waals surface area contributed by atoms with Gasteiger partial charge < -0.3 is 19.4 Å². The molecule has 0 amide bonds. The minimum Gasteiger partial charge on any atom is -0.508 e. The van der Waals surface area contributed by atoms with Crippen LogP contribution in [0.3, 0.4) is 0 Å². The molecule has 2 N–H and O–H groups in total. The molecule has 0 aliphatic heterocycles. The van der Waals surface area contributed by atoms with Crippen LogP contribution in [0.15, 0.2) is 46.9 Å². The van der Waals surface area contributed by atoms with E-state index in [1.165, 1.54) is 122 Å². The van der Waals surface area contributed by atoms with Crippen LogP contribution >= 0.6 is 0 Å². The van der Waals surface area contributed by atoms with E-state index in [1.54, 1.807) is 19.2 Å². The highest BCUT2D eigenvalue weighted by atomic mass is 16.5. The monoisotopic (exact) mass is 646 g/mol. The van der Waals surface area contributed by atoms with Gasteiger partial charge >= 0.3 is 0 Å². The van der Waals surface area contributed by atoms with Crippen molar-refractivity contribution < 1.29 is 19.4 Å². The SMILES string of the molecule is CCCC/C=C\CCCCCCCCCc1cc(O)cc2oc3cc(OC)c(O)c(CCCCCCCCC/C=C\CCCC)c3c12. The zero-order valence-electron chi connectivity index (χ0n) is 30.2. The van der Waals surface area contributed by atoms with Gasteiger partial charge in [0.25, 0.3) is 0 Å². The third-order valence-electron chi connectivity index (χ3n) is 9.58. The Kier molecular flexibility index (Phi) is 19.2. The van der Waals surface area contributed by atoms with Gasteiger partial charge in [-0.25, -0.2) is 0 Å². The van der Waals surface area contributed by atoms with Gasteiger partial charge in [0, 0.05) is 28.5 Å². The van der Waals surface area contributed by atoms with Gasteiger partial charge in [-0.15, -0.1) is 0 Å².